The predicted octanol–water partition coefficient (Wildman–Crippen LogP) is 4.97. The van der Waals surface area contributed by atoms with Crippen molar-refractivity contribution in [3.8, 4) is 11.5 Å². The maximum atomic E-state index is 11.0. The number of hydrogen-bond acceptors (Lipinski definition) is 4. The molecule has 4 heteroatoms. The van der Waals surface area contributed by atoms with Crippen molar-refractivity contribution in [2.24, 2.45) is 16.7 Å². The number of methoxy groups -OCH3 is 2. The molecule has 0 radical (unpaired) electrons. The van der Waals surface area contributed by atoms with Crippen LogP contribution in [0.25, 0.3) is 0 Å². The Hall–Kier alpha value is -1.26. The number of aliphatic hydroxyl groups is 1. The molecular formula is C25H41NO3. The van der Waals surface area contributed by atoms with Crippen LogP contribution in [0, 0.1) is 16.7 Å². The van der Waals surface area contributed by atoms with Crippen LogP contribution in [0.4, 0.5) is 0 Å². The Morgan fingerprint density at radius 1 is 1.07 bits per heavy atom. The first kappa shape index (κ1) is 22.4. The molecule has 2 aliphatic carbocycles. The van der Waals surface area contributed by atoms with Crippen LogP contribution in [0.2, 0.25) is 0 Å². The van der Waals surface area contributed by atoms with Gasteiger partial charge in [0.2, 0.25) is 0 Å². The second-order valence-corrected chi connectivity index (χ2v) is 9.81. The third-order valence-corrected chi connectivity index (χ3v) is 8.01. The van der Waals surface area contributed by atoms with E-state index < -0.39 is 0 Å². The van der Waals surface area contributed by atoms with Crippen LogP contribution >= 0.6 is 0 Å². The van der Waals surface area contributed by atoms with Crippen molar-refractivity contribution in [3.63, 3.8) is 0 Å². The second kappa shape index (κ2) is 9.26. The minimum Gasteiger partial charge on any atom is -0.497 e. The predicted molar refractivity (Wildman–Crippen MR) is 119 cm³/mol. The van der Waals surface area contributed by atoms with Gasteiger partial charge in [-0.2, -0.15) is 0 Å². The highest BCUT2D eigenvalue weighted by Gasteiger charge is 2.56. The minimum atomic E-state index is -0.183. The van der Waals surface area contributed by atoms with Gasteiger partial charge < -0.3 is 19.9 Å². The molecular weight excluding hydrogens is 362 g/mol. The molecule has 1 aromatic rings. The molecule has 1 aromatic carbocycles. The number of hydrogen-bond donors (Lipinski definition) is 2. The standard InChI is InChI=1S/C25H41NO3/c1-6-7-13-26-22-11-12-24(2)21(9-8-10-23(24)27)25(22,3)17-18-14-19(28-4)16-20(15-18)29-5/h14-16,21-23,26-27H,6-13,17H2,1-5H3/t21?,22?,23-,24-,25?/m0/s1. The fourth-order valence-electron chi connectivity index (χ4n) is 6.30. The summed E-state index contributed by atoms with van der Waals surface area (Å²) in [4.78, 5) is 0. The summed E-state index contributed by atoms with van der Waals surface area (Å²) in [6, 6.07) is 6.72. The Morgan fingerprint density at radius 3 is 2.38 bits per heavy atom. The third kappa shape index (κ3) is 4.44. The first-order valence-corrected chi connectivity index (χ1v) is 11.5. The van der Waals surface area contributed by atoms with Crippen LogP contribution in [0.3, 0.4) is 0 Å². The summed E-state index contributed by atoms with van der Waals surface area (Å²) in [6.45, 7) is 8.12. The van der Waals surface area contributed by atoms with Gasteiger partial charge in [-0.1, -0.05) is 33.6 Å². The summed E-state index contributed by atoms with van der Waals surface area (Å²) in [6.07, 6.45) is 8.73. The number of rotatable bonds is 8. The number of unbranched alkanes of at least 4 members (excludes halogenated alkanes) is 1. The molecule has 0 aromatic heterocycles. The zero-order chi connectivity index (χ0) is 21.1. The molecule has 0 heterocycles. The average molecular weight is 404 g/mol. The maximum absolute atomic E-state index is 11.0. The van der Waals surface area contributed by atoms with Gasteiger partial charge in [-0.05, 0) is 79.5 Å². The Bertz CT molecular complexity index is 656. The lowest BCUT2D eigenvalue weighted by atomic mass is 9.47. The molecule has 4 nitrogen and oxygen atoms in total. The first-order valence-electron chi connectivity index (χ1n) is 11.5. The quantitative estimate of drug-likeness (QED) is 0.602. The van der Waals surface area contributed by atoms with Crippen molar-refractivity contribution < 1.29 is 14.6 Å². The van der Waals surface area contributed by atoms with Crippen LogP contribution in [-0.2, 0) is 6.42 Å². The van der Waals surface area contributed by atoms with E-state index in [0.29, 0.717) is 12.0 Å². The highest BCUT2D eigenvalue weighted by molar-refractivity contribution is 5.39. The van der Waals surface area contributed by atoms with Crippen LogP contribution in [0.15, 0.2) is 18.2 Å². The van der Waals surface area contributed by atoms with E-state index in [1.807, 2.05) is 6.07 Å². The van der Waals surface area contributed by atoms with Crippen molar-refractivity contribution >= 4 is 0 Å². The molecule has 2 aliphatic rings. The van der Waals surface area contributed by atoms with Gasteiger partial charge in [-0.15, -0.1) is 0 Å². The molecule has 3 rings (SSSR count). The Balaban J connectivity index is 1.95. The number of aliphatic hydroxyl groups excluding tert-OH is 1. The zero-order valence-corrected chi connectivity index (χ0v) is 19.1. The molecule has 0 amide bonds. The van der Waals surface area contributed by atoms with Crippen LogP contribution in [-0.4, -0.2) is 38.0 Å². The number of benzene rings is 1. The minimum absolute atomic E-state index is 0.0128. The van der Waals surface area contributed by atoms with E-state index in [9.17, 15) is 5.11 Å². The fraction of sp³-hybridized carbons (Fsp3) is 0.760. The number of ether oxygens (including phenoxy) is 2. The topological polar surface area (TPSA) is 50.7 Å². The highest BCUT2D eigenvalue weighted by Crippen LogP contribution is 2.59. The van der Waals surface area contributed by atoms with Gasteiger partial charge in [0.1, 0.15) is 11.5 Å². The van der Waals surface area contributed by atoms with Crippen molar-refractivity contribution in [2.45, 2.75) is 84.3 Å². The second-order valence-electron chi connectivity index (χ2n) is 9.81. The highest BCUT2D eigenvalue weighted by atomic mass is 16.5. The smallest absolute Gasteiger partial charge is 0.122 e. The monoisotopic (exact) mass is 403 g/mol. The van der Waals surface area contributed by atoms with Crippen LogP contribution in [0.1, 0.15) is 71.3 Å². The van der Waals surface area contributed by atoms with Crippen LogP contribution < -0.4 is 14.8 Å². The van der Waals surface area contributed by atoms with Gasteiger partial charge in [0.25, 0.3) is 0 Å². The van der Waals surface area contributed by atoms with Crippen molar-refractivity contribution in [3.05, 3.63) is 23.8 Å². The summed E-state index contributed by atoms with van der Waals surface area (Å²) in [5.74, 6) is 2.20. The molecule has 0 aliphatic heterocycles. The van der Waals surface area contributed by atoms with E-state index in [4.69, 9.17) is 9.47 Å². The average Bonchev–Trinajstić information content (AvgIpc) is 2.71. The van der Waals surface area contributed by atoms with Gasteiger partial charge in [0, 0.05) is 12.1 Å². The Kier molecular flexibility index (Phi) is 7.16. The molecule has 2 saturated carbocycles. The van der Waals surface area contributed by atoms with E-state index in [2.05, 4.69) is 38.2 Å². The summed E-state index contributed by atoms with van der Waals surface area (Å²) >= 11 is 0. The van der Waals surface area contributed by atoms with E-state index in [1.165, 1.54) is 24.8 Å². The molecule has 2 N–H and O–H groups in total. The van der Waals surface area contributed by atoms with Crippen LogP contribution in [0.5, 0.6) is 11.5 Å². The summed E-state index contributed by atoms with van der Waals surface area (Å²) in [5.41, 5.74) is 1.36. The lowest BCUT2D eigenvalue weighted by molar-refractivity contribution is -0.131. The summed E-state index contributed by atoms with van der Waals surface area (Å²) in [5, 5.41) is 14.9. The molecule has 164 valence electrons. The normalized spacial score (nSPS) is 34.5. The Labute approximate surface area is 177 Å². The van der Waals surface area contributed by atoms with Gasteiger partial charge in [0.15, 0.2) is 0 Å². The SMILES string of the molecule is CCCCNC1CC[C@@]2(C)C(CCC[C@@H]2O)C1(C)Cc1cc(OC)cc(OC)c1. The molecule has 0 saturated heterocycles. The summed E-state index contributed by atoms with van der Waals surface area (Å²) < 4.78 is 11.1. The van der Waals surface area contributed by atoms with Crippen molar-refractivity contribution in [2.75, 3.05) is 20.8 Å². The van der Waals surface area contributed by atoms with Gasteiger partial charge in [-0.3, -0.25) is 0 Å². The molecule has 2 fully saturated rings. The first-order chi connectivity index (χ1) is 13.9. The van der Waals surface area contributed by atoms with Crippen molar-refractivity contribution in [1.29, 1.82) is 0 Å². The largest absolute Gasteiger partial charge is 0.497 e. The Morgan fingerprint density at radius 2 is 1.76 bits per heavy atom. The maximum Gasteiger partial charge on any atom is 0.122 e. The van der Waals surface area contributed by atoms with E-state index in [-0.39, 0.29) is 16.9 Å². The number of nitrogens with one attached hydrogen (secondary N) is 1. The van der Waals surface area contributed by atoms with E-state index >= 15 is 0 Å². The van der Waals surface area contributed by atoms with Gasteiger partial charge in [0.05, 0.1) is 20.3 Å². The van der Waals surface area contributed by atoms with E-state index in [1.54, 1.807) is 14.2 Å². The van der Waals surface area contributed by atoms with Gasteiger partial charge in [-0.25, -0.2) is 0 Å². The number of fused-ring (bicyclic) bond motifs is 1. The van der Waals surface area contributed by atoms with Gasteiger partial charge >= 0.3 is 0 Å². The lowest BCUT2D eigenvalue weighted by Crippen LogP contribution is -2.61. The van der Waals surface area contributed by atoms with Crippen molar-refractivity contribution in [1.82, 2.24) is 5.32 Å². The zero-order valence-electron chi connectivity index (χ0n) is 19.1. The lowest BCUT2D eigenvalue weighted by Gasteiger charge is -2.60. The van der Waals surface area contributed by atoms with E-state index in [0.717, 1.165) is 50.1 Å². The molecule has 0 bridgehead atoms. The molecule has 29 heavy (non-hydrogen) atoms. The fourth-order valence-corrected chi connectivity index (χ4v) is 6.30. The molecule has 0 spiro atoms. The third-order valence-electron chi connectivity index (χ3n) is 8.01. The summed E-state index contributed by atoms with van der Waals surface area (Å²) in [7, 11) is 3.43. The molecule has 3 unspecified atom stereocenters. The molecule has 5 atom stereocenters.